The minimum atomic E-state index is -0.513. The highest BCUT2D eigenvalue weighted by Crippen LogP contribution is 2.20. The van der Waals surface area contributed by atoms with E-state index >= 15 is 0 Å². The van der Waals surface area contributed by atoms with Gasteiger partial charge >= 0.3 is 0 Å². The van der Waals surface area contributed by atoms with Gasteiger partial charge in [0, 0.05) is 12.7 Å². The monoisotopic (exact) mass is 331 g/mol. The van der Waals surface area contributed by atoms with E-state index in [1.165, 1.54) is 18.2 Å². The lowest BCUT2D eigenvalue weighted by atomic mass is 10.1. The Balaban J connectivity index is 1.75. The molecule has 1 amide bonds. The zero-order valence-electron chi connectivity index (χ0n) is 12.7. The first-order valence-electron chi connectivity index (χ1n) is 7.11. The van der Waals surface area contributed by atoms with Crippen molar-refractivity contribution >= 4 is 34.2 Å². The number of benzene rings is 2. The third-order valence-electron chi connectivity index (χ3n) is 3.74. The number of amides is 1. The van der Waals surface area contributed by atoms with E-state index in [1.807, 2.05) is 36.7 Å². The van der Waals surface area contributed by atoms with Crippen molar-refractivity contribution in [3.8, 4) is 0 Å². The standard InChI is InChI=1S/C17H15ClFN3O/c1-10-20-15-7-11(3-6-16(15)22(10)2)8-17(23)21-12-4-5-14(19)13(18)9-12/h3-7,9H,8H2,1-2H3,(H,21,23). The van der Waals surface area contributed by atoms with Crippen molar-refractivity contribution in [3.63, 3.8) is 0 Å². The minimum Gasteiger partial charge on any atom is -0.331 e. The van der Waals surface area contributed by atoms with Crippen LogP contribution in [0.2, 0.25) is 5.02 Å². The van der Waals surface area contributed by atoms with Crippen molar-refractivity contribution in [3.05, 3.63) is 58.6 Å². The highest BCUT2D eigenvalue weighted by molar-refractivity contribution is 6.31. The predicted octanol–water partition coefficient (Wildman–Crippen LogP) is 3.86. The quantitative estimate of drug-likeness (QED) is 0.792. The molecule has 23 heavy (non-hydrogen) atoms. The minimum absolute atomic E-state index is 0.0202. The first-order valence-corrected chi connectivity index (χ1v) is 7.48. The van der Waals surface area contributed by atoms with E-state index in [2.05, 4.69) is 10.3 Å². The zero-order valence-corrected chi connectivity index (χ0v) is 13.5. The third kappa shape index (κ3) is 3.19. The van der Waals surface area contributed by atoms with Crippen LogP contribution >= 0.6 is 11.6 Å². The molecule has 4 nitrogen and oxygen atoms in total. The molecule has 0 aliphatic carbocycles. The summed E-state index contributed by atoms with van der Waals surface area (Å²) in [5.74, 6) is 0.211. The van der Waals surface area contributed by atoms with Crippen molar-refractivity contribution in [2.75, 3.05) is 5.32 Å². The van der Waals surface area contributed by atoms with Crippen LogP contribution in [0.5, 0.6) is 0 Å². The van der Waals surface area contributed by atoms with Crippen LogP contribution in [0.3, 0.4) is 0 Å². The van der Waals surface area contributed by atoms with Crippen LogP contribution in [0, 0.1) is 12.7 Å². The highest BCUT2D eigenvalue weighted by Gasteiger charge is 2.09. The Morgan fingerprint density at radius 1 is 1.30 bits per heavy atom. The third-order valence-corrected chi connectivity index (χ3v) is 4.03. The number of aryl methyl sites for hydroxylation is 2. The molecule has 0 aliphatic heterocycles. The Hall–Kier alpha value is -2.40. The number of hydrogen-bond acceptors (Lipinski definition) is 2. The maximum atomic E-state index is 13.1. The topological polar surface area (TPSA) is 46.9 Å². The van der Waals surface area contributed by atoms with Gasteiger partial charge in [0.1, 0.15) is 11.6 Å². The molecule has 0 saturated heterocycles. The van der Waals surface area contributed by atoms with Gasteiger partial charge in [0.05, 0.1) is 22.5 Å². The van der Waals surface area contributed by atoms with Crippen LogP contribution in [0.1, 0.15) is 11.4 Å². The molecule has 0 fully saturated rings. The van der Waals surface area contributed by atoms with Crippen LogP contribution in [-0.4, -0.2) is 15.5 Å². The summed E-state index contributed by atoms with van der Waals surface area (Å²) in [6.45, 7) is 1.94. The summed E-state index contributed by atoms with van der Waals surface area (Å²) in [6.07, 6.45) is 0.209. The lowest BCUT2D eigenvalue weighted by Gasteiger charge is -2.06. The van der Waals surface area contributed by atoms with E-state index in [-0.39, 0.29) is 17.4 Å². The fraction of sp³-hybridized carbons (Fsp3) is 0.176. The summed E-state index contributed by atoms with van der Waals surface area (Å²) in [7, 11) is 1.95. The number of imidazole rings is 1. The van der Waals surface area contributed by atoms with E-state index in [0.717, 1.165) is 22.4 Å². The van der Waals surface area contributed by atoms with Gasteiger partial charge in [0.25, 0.3) is 0 Å². The average molecular weight is 332 g/mol. The molecule has 1 N–H and O–H groups in total. The van der Waals surface area contributed by atoms with E-state index in [1.54, 1.807) is 0 Å². The lowest BCUT2D eigenvalue weighted by Crippen LogP contribution is -2.14. The van der Waals surface area contributed by atoms with Gasteiger partial charge in [-0.1, -0.05) is 17.7 Å². The zero-order chi connectivity index (χ0) is 16.6. The molecule has 0 unspecified atom stereocenters. The fourth-order valence-electron chi connectivity index (χ4n) is 2.44. The summed E-state index contributed by atoms with van der Waals surface area (Å²) in [4.78, 5) is 16.6. The predicted molar refractivity (Wildman–Crippen MR) is 89.2 cm³/mol. The molecule has 3 rings (SSSR count). The van der Waals surface area contributed by atoms with Gasteiger partial charge in [-0.15, -0.1) is 0 Å². The number of anilines is 1. The molecule has 0 saturated carbocycles. The normalized spacial score (nSPS) is 11.0. The van der Waals surface area contributed by atoms with Crippen LogP contribution in [0.4, 0.5) is 10.1 Å². The number of nitrogens with one attached hydrogen (secondary N) is 1. The molecular formula is C17H15ClFN3O. The molecule has 1 heterocycles. The van der Waals surface area contributed by atoms with Crippen LogP contribution in [0.25, 0.3) is 11.0 Å². The molecule has 6 heteroatoms. The number of fused-ring (bicyclic) bond motifs is 1. The summed E-state index contributed by atoms with van der Waals surface area (Å²) in [6, 6.07) is 9.85. The van der Waals surface area contributed by atoms with E-state index < -0.39 is 5.82 Å². The Morgan fingerprint density at radius 2 is 2.09 bits per heavy atom. The highest BCUT2D eigenvalue weighted by atomic mass is 35.5. The van der Waals surface area contributed by atoms with Gasteiger partial charge in [-0.05, 0) is 42.8 Å². The molecule has 0 spiro atoms. The molecule has 2 aromatic carbocycles. The smallest absolute Gasteiger partial charge is 0.228 e. The number of aromatic nitrogens is 2. The van der Waals surface area contributed by atoms with E-state index in [0.29, 0.717) is 5.69 Å². The Bertz CT molecular complexity index is 904. The molecule has 0 bridgehead atoms. The SMILES string of the molecule is Cc1nc2cc(CC(=O)Nc3ccc(F)c(Cl)c3)ccc2n1C. The number of carbonyl (C=O) groups is 1. The van der Waals surface area contributed by atoms with Crippen LogP contribution in [-0.2, 0) is 18.3 Å². The maximum Gasteiger partial charge on any atom is 0.228 e. The maximum absolute atomic E-state index is 13.1. The molecule has 118 valence electrons. The molecule has 1 aromatic heterocycles. The Labute approximate surface area is 137 Å². The second-order valence-electron chi connectivity index (χ2n) is 5.39. The summed E-state index contributed by atoms with van der Waals surface area (Å²) >= 11 is 5.70. The van der Waals surface area contributed by atoms with Gasteiger partial charge in [0.2, 0.25) is 5.91 Å². The van der Waals surface area contributed by atoms with E-state index in [4.69, 9.17) is 11.6 Å². The summed E-state index contributed by atoms with van der Waals surface area (Å²) in [5, 5.41) is 2.69. The van der Waals surface area contributed by atoms with Crippen molar-refractivity contribution in [2.24, 2.45) is 7.05 Å². The molecule has 0 atom stereocenters. The first-order chi connectivity index (χ1) is 10.9. The summed E-state index contributed by atoms with van der Waals surface area (Å²) < 4.78 is 15.1. The number of rotatable bonds is 3. The number of nitrogens with zero attached hydrogens (tertiary/aromatic N) is 2. The number of hydrogen-bond donors (Lipinski definition) is 1. The average Bonchev–Trinajstić information content (AvgIpc) is 2.77. The second-order valence-corrected chi connectivity index (χ2v) is 5.80. The van der Waals surface area contributed by atoms with Crippen molar-refractivity contribution in [2.45, 2.75) is 13.3 Å². The molecule has 3 aromatic rings. The summed E-state index contributed by atoms with van der Waals surface area (Å²) in [5.41, 5.74) is 3.22. The molecular weight excluding hydrogens is 317 g/mol. The molecule has 0 aliphatic rings. The van der Waals surface area contributed by atoms with Gasteiger partial charge in [0.15, 0.2) is 0 Å². The van der Waals surface area contributed by atoms with Gasteiger partial charge in [-0.25, -0.2) is 9.37 Å². The molecule has 0 radical (unpaired) electrons. The second kappa shape index (κ2) is 6.01. The van der Waals surface area contributed by atoms with Gasteiger partial charge in [-0.3, -0.25) is 4.79 Å². The van der Waals surface area contributed by atoms with Crippen molar-refractivity contribution in [1.29, 1.82) is 0 Å². The van der Waals surface area contributed by atoms with Crippen LogP contribution in [0.15, 0.2) is 36.4 Å². The van der Waals surface area contributed by atoms with Crippen molar-refractivity contribution in [1.82, 2.24) is 9.55 Å². The van der Waals surface area contributed by atoms with Crippen molar-refractivity contribution < 1.29 is 9.18 Å². The number of halogens is 2. The van der Waals surface area contributed by atoms with Gasteiger partial charge in [-0.2, -0.15) is 0 Å². The Morgan fingerprint density at radius 3 is 2.83 bits per heavy atom. The number of carbonyl (C=O) groups excluding carboxylic acids is 1. The van der Waals surface area contributed by atoms with E-state index in [9.17, 15) is 9.18 Å². The largest absolute Gasteiger partial charge is 0.331 e. The first kappa shape index (κ1) is 15.5. The van der Waals surface area contributed by atoms with Crippen LogP contribution < -0.4 is 5.32 Å². The van der Waals surface area contributed by atoms with Gasteiger partial charge < -0.3 is 9.88 Å². The Kier molecular flexibility index (Phi) is 4.05. The lowest BCUT2D eigenvalue weighted by molar-refractivity contribution is -0.115. The fourth-order valence-corrected chi connectivity index (χ4v) is 2.62.